The average molecular weight is 443 g/mol. The smallest absolute Gasteiger partial charge is 0.370 e. The van der Waals surface area contributed by atoms with Crippen LogP contribution in [0, 0.1) is 0 Å². The Morgan fingerprint density at radius 3 is 2.53 bits per heavy atom. The first-order valence-corrected chi connectivity index (χ1v) is 11.0. The predicted molar refractivity (Wildman–Crippen MR) is 116 cm³/mol. The van der Waals surface area contributed by atoms with E-state index in [9.17, 15) is 18.0 Å². The van der Waals surface area contributed by atoms with Gasteiger partial charge in [0.1, 0.15) is 11.4 Å². The van der Waals surface area contributed by atoms with E-state index in [4.69, 9.17) is 5.10 Å². The molecule has 0 bridgehead atoms. The Morgan fingerprint density at radius 2 is 1.84 bits per heavy atom. The second kappa shape index (κ2) is 8.11. The second-order valence-electron chi connectivity index (χ2n) is 8.53. The number of rotatable bonds is 4. The SMILES string of the molecule is O=C(Nc1cc2cn(C3CCCCC3)nc2cc1N1CCC1)c1cccc(C(F)(F)F)n1. The van der Waals surface area contributed by atoms with Gasteiger partial charge in [0.05, 0.1) is 22.9 Å². The van der Waals surface area contributed by atoms with E-state index in [0.29, 0.717) is 11.7 Å². The van der Waals surface area contributed by atoms with E-state index >= 15 is 0 Å². The minimum absolute atomic E-state index is 0.271. The Kier molecular flexibility index (Phi) is 5.27. The van der Waals surface area contributed by atoms with Crippen LogP contribution in [0.2, 0.25) is 0 Å². The first-order valence-electron chi connectivity index (χ1n) is 11.0. The topological polar surface area (TPSA) is 63.1 Å². The maximum Gasteiger partial charge on any atom is 0.433 e. The number of nitrogens with zero attached hydrogens (tertiary/aromatic N) is 4. The van der Waals surface area contributed by atoms with E-state index in [1.165, 1.54) is 31.4 Å². The number of nitrogens with one attached hydrogen (secondary N) is 1. The molecule has 1 aliphatic heterocycles. The monoisotopic (exact) mass is 443 g/mol. The Hall–Kier alpha value is -3.10. The minimum Gasteiger partial charge on any atom is -0.370 e. The predicted octanol–water partition coefficient (Wildman–Crippen LogP) is 5.42. The summed E-state index contributed by atoms with van der Waals surface area (Å²) in [5.74, 6) is -0.670. The van der Waals surface area contributed by atoms with Gasteiger partial charge in [-0.2, -0.15) is 18.3 Å². The molecule has 1 saturated carbocycles. The highest BCUT2D eigenvalue weighted by Gasteiger charge is 2.33. The van der Waals surface area contributed by atoms with Gasteiger partial charge in [-0.1, -0.05) is 25.3 Å². The molecule has 1 N–H and O–H groups in total. The van der Waals surface area contributed by atoms with E-state index in [1.54, 1.807) is 0 Å². The van der Waals surface area contributed by atoms with Crippen molar-refractivity contribution in [3.05, 3.63) is 47.9 Å². The molecule has 3 heterocycles. The summed E-state index contributed by atoms with van der Waals surface area (Å²) in [7, 11) is 0. The molecule has 3 aromatic rings. The quantitative estimate of drug-likeness (QED) is 0.585. The Labute approximate surface area is 183 Å². The summed E-state index contributed by atoms with van der Waals surface area (Å²) in [4.78, 5) is 18.4. The summed E-state index contributed by atoms with van der Waals surface area (Å²) in [6.45, 7) is 1.72. The number of carbonyl (C=O) groups is 1. The van der Waals surface area contributed by atoms with Gasteiger partial charge in [0, 0.05) is 24.7 Å². The van der Waals surface area contributed by atoms with Gasteiger partial charge >= 0.3 is 6.18 Å². The third-order valence-electron chi connectivity index (χ3n) is 6.31. The first kappa shape index (κ1) is 20.8. The van der Waals surface area contributed by atoms with Gasteiger partial charge < -0.3 is 10.2 Å². The maximum atomic E-state index is 13.0. The maximum absolute atomic E-state index is 13.0. The van der Waals surface area contributed by atoms with E-state index in [1.807, 2.05) is 23.0 Å². The molecule has 1 saturated heterocycles. The number of anilines is 2. The summed E-state index contributed by atoms with van der Waals surface area (Å²) < 4.78 is 41.0. The van der Waals surface area contributed by atoms with Crippen molar-refractivity contribution in [2.75, 3.05) is 23.3 Å². The van der Waals surface area contributed by atoms with Crippen molar-refractivity contribution in [1.29, 1.82) is 0 Å². The molecule has 1 aliphatic carbocycles. The molecule has 1 amide bonds. The molecule has 0 spiro atoms. The first-order chi connectivity index (χ1) is 15.4. The van der Waals surface area contributed by atoms with Gasteiger partial charge in [0.25, 0.3) is 5.91 Å². The lowest BCUT2D eigenvalue weighted by molar-refractivity contribution is -0.141. The molecule has 32 heavy (non-hydrogen) atoms. The summed E-state index contributed by atoms with van der Waals surface area (Å²) in [5, 5.41) is 8.48. The highest BCUT2D eigenvalue weighted by Crippen LogP contribution is 2.36. The Morgan fingerprint density at radius 1 is 1.06 bits per heavy atom. The molecule has 168 valence electrons. The molecular weight excluding hydrogens is 419 g/mol. The van der Waals surface area contributed by atoms with Crippen molar-refractivity contribution >= 4 is 28.2 Å². The zero-order chi connectivity index (χ0) is 22.3. The third-order valence-corrected chi connectivity index (χ3v) is 6.31. The van der Waals surface area contributed by atoms with Crippen LogP contribution in [-0.2, 0) is 6.18 Å². The molecule has 5 rings (SSSR count). The summed E-state index contributed by atoms with van der Waals surface area (Å²) in [6, 6.07) is 7.54. The highest BCUT2D eigenvalue weighted by atomic mass is 19.4. The van der Waals surface area contributed by atoms with Crippen molar-refractivity contribution in [2.45, 2.75) is 50.7 Å². The lowest BCUT2D eigenvalue weighted by Crippen LogP contribution is -2.37. The number of benzene rings is 1. The number of hydrogen-bond donors (Lipinski definition) is 1. The van der Waals surface area contributed by atoms with E-state index in [2.05, 4.69) is 15.2 Å². The molecule has 0 radical (unpaired) electrons. The number of fused-ring (bicyclic) bond motifs is 1. The zero-order valence-corrected chi connectivity index (χ0v) is 17.5. The van der Waals surface area contributed by atoms with Gasteiger partial charge in [-0.25, -0.2) is 4.98 Å². The number of alkyl halides is 3. The second-order valence-corrected chi connectivity index (χ2v) is 8.53. The lowest BCUT2D eigenvalue weighted by atomic mass is 9.96. The van der Waals surface area contributed by atoms with Crippen LogP contribution < -0.4 is 10.2 Å². The normalized spacial score (nSPS) is 17.4. The summed E-state index contributed by atoms with van der Waals surface area (Å²) in [5.41, 5.74) is 0.889. The number of carbonyl (C=O) groups excluding carboxylic acids is 1. The standard InChI is InChI=1S/C23H24F3N5O/c24-23(25,26)21-9-4-8-17(27-21)22(32)28-19-12-15-14-31(16-6-2-1-3-7-16)29-18(15)13-20(19)30-10-5-11-30/h4,8-9,12-14,16H,1-3,5-7,10-11H2,(H,28,32). The molecule has 6 nitrogen and oxygen atoms in total. The van der Waals surface area contributed by atoms with Crippen molar-refractivity contribution in [1.82, 2.24) is 14.8 Å². The fraction of sp³-hybridized carbons (Fsp3) is 0.435. The van der Waals surface area contributed by atoms with Gasteiger partial charge in [0.2, 0.25) is 0 Å². The summed E-state index contributed by atoms with van der Waals surface area (Å²) >= 11 is 0. The fourth-order valence-electron chi connectivity index (χ4n) is 4.44. The molecule has 2 aliphatic rings. The molecule has 2 aromatic heterocycles. The van der Waals surface area contributed by atoms with Crippen LogP contribution in [0.5, 0.6) is 0 Å². The van der Waals surface area contributed by atoms with Gasteiger partial charge in [-0.15, -0.1) is 0 Å². The highest BCUT2D eigenvalue weighted by molar-refractivity contribution is 6.06. The number of amides is 1. The van der Waals surface area contributed by atoms with Crippen LogP contribution in [0.4, 0.5) is 24.5 Å². The van der Waals surface area contributed by atoms with Crippen LogP contribution in [0.1, 0.15) is 60.7 Å². The summed E-state index contributed by atoms with van der Waals surface area (Å²) in [6.07, 6.45) is 4.33. The van der Waals surface area contributed by atoms with Crippen molar-refractivity contribution < 1.29 is 18.0 Å². The van der Waals surface area contributed by atoms with E-state index in [0.717, 1.165) is 55.0 Å². The van der Waals surface area contributed by atoms with Crippen LogP contribution in [0.25, 0.3) is 10.9 Å². The molecule has 9 heteroatoms. The van der Waals surface area contributed by atoms with E-state index < -0.39 is 17.8 Å². The molecule has 1 aromatic carbocycles. The van der Waals surface area contributed by atoms with E-state index in [-0.39, 0.29) is 5.69 Å². The van der Waals surface area contributed by atoms with Crippen LogP contribution in [0.3, 0.4) is 0 Å². The largest absolute Gasteiger partial charge is 0.433 e. The van der Waals surface area contributed by atoms with Crippen molar-refractivity contribution in [2.24, 2.45) is 0 Å². The number of hydrogen-bond acceptors (Lipinski definition) is 4. The van der Waals surface area contributed by atoms with Crippen LogP contribution >= 0.6 is 0 Å². The minimum atomic E-state index is -4.61. The number of pyridine rings is 1. The average Bonchev–Trinajstić information content (AvgIpc) is 3.16. The van der Waals surface area contributed by atoms with Crippen LogP contribution in [0.15, 0.2) is 36.5 Å². The van der Waals surface area contributed by atoms with Crippen molar-refractivity contribution in [3.8, 4) is 0 Å². The number of halogens is 3. The Balaban J connectivity index is 1.47. The van der Waals surface area contributed by atoms with Gasteiger partial charge in [-0.05, 0) is 43.5 Å². The van der Waals surface area contributed by atoms with Crippen molar-refractivity contribution in [3.63, 3.8) is 0 Å². The molecular formula is C23H24F3N5O. The lowest BCUT2D eigenvalue weighted by Gasteiger charge is -2.34. The number of aromatic nitrogens is 3. The van der Waals surface area contributed by atoms with Gasteiger partial charge in [-0.3, -0.25) is 9.48 Å². The van der Waals surface area contributed by atoms with Crippen LogP contribution in [-0.4, -0.2) is 33.8 Å². The van der Waals surface area contributed by atoms with Gasteiger partial charge in [0.15, 0.2) is 0 Å². The fourth-order valence-corrected chi connectivity index (χ4v) is 4.44. The molecule has 0 unspecified atom stereocenters. The third kappa shape index (κ3) is 4.03. The zero-order valence-electron chi connectivity index (χ0n) is 17.5. The molecule has 0 atom stereocenters. The Bertz CT molecular complexity index is 1150. The molecule has 2 fully saturated rings.